The van der Waals surface area contributed by atoms with Crippen molar-refractivity contribution < 1.29 is 23.9 Å². The van der Waals surface area contributed by atoms with Gasteiger partial charge in [0.15, 0.2) is 0 Å². The van der Waals surface area contributed by atoms with Gasteiger partial charge in [-0.2, -0.15) is 5.10 Å². The third-order valence-electron chi connectivity index (χ3n) is 7.74. The summed E-state index contributed by atoms with van der Waals surface area (Å²) >= 11 is 0. The van der Waals surface area contributed by atoms with Crippen molar-refractivity contribution in [2.24, 2.45) is 0 Å². The van der Waals surface area contributed by atoms with Crippen LogP contribution in [0.25, 0.3) is 22.2 Å². The first kappa shape index (κ1) is 35.2. The first-order chi connectivity index (χ1) is 23.1. The molecule has 1 N–H and O–H groups in total. The number of carbonyl (C=O) groups excluding carboxylic acids is 3. The molecule has 5 rings (SSSR count). The van der Waals surface area contributed by atoms with Crippen molar-refractivity contribution >= 4 is 43.0 Å². The number of aldehydes is 1. The zero-order valence-corrected chi connectivity index (χ0v) is 30.1. The summed E-state index contributed by atoms with van der Waals surface area (Å²) in [5, 5.41) is 7.84. The Labute approximate surface area is 286 Å². The number of hydrogen-bond acceptors (Lipinski definition) is 7. The Morgan fingerprint density at radius 2 is 1.73 bits per heavy atom. The van der Waals surface area contributed by atoms with Gasteiger partial charge < -0.3 is 14.8 Å². The minimum absolute atomic E-state index is 0.0591. The monoisotopic (exact) mass is 681 g/mol. The molecule has 0 bridgehead atoms. The molecule has 256 valence electrons. The Morgan fingerprint density at radius 1 is 1.00 bits per heavy atom. The Hall–Kier alpha value is -5.07. The second-order valence-electron chi connectivity index (χ2n) is 14.4. The molecule has 0 saturated carbocycles. The van der Waals surface area contributed by atoms with Crippen molar-refractivity contribution in [1.29, 1.82) is 0 Å². The molecule has 3 aromatic heterocycles. The van der Waals surface area contributed by atoms with E-state index in [1.54, 1.807) is 55.9 Å². The number of benzene rings is 2. The molecule has 0 aliphatic heterocycles. The van der Waals surface area contributed by atoms with Gasteiger partial charge in [0, 0.05) is 38.0 Å². The first-order valence-electron chi connectivity index (χ1n) is 16.2. The summed E-state index contributed by atoms with van der Waals surface area (Å²) in [4.78, 5) is 52.8. The lowest BCUT2D eigenvalue weighted by Gasteiger charge is -2.21. The minimum atomic E-state index is -1.39. The molecule has 2 aromatic carbocycles. The third kappa shape index (κ3) is 8.89. The number of aryl methyl sites for hydroxylation is 1. The fraction of sp³-hybridized carbons (Fsp3) is 0.324. The predicted molar refractivity (Wildman–Crippen MR) is 193 cm³/mol. The van der Waals surface area contributed by atoms with Crippen molar-refractivity contribution in [2.45, 2.75) is 72.3 Å². The van der Waals surface area contributed by atoms with Crippen LogP contribution in [0.4, 0.5) is 10.5 Å². The number of amides is 1. The molecule has 5 aromatic rings. The smallest absolute Gasteiger partial charge is 0.419 e. The normalized spacial score (nSPS) is 11.9. The number of aromatic nitrogens is 4. The van der Waals surface area contributed by atoms with E-state index in [1.807, 2.05) is 31.2 Å². The first-order valence-corrected chi connectivity index (χ1v) is 19.9. The van der Waals surface area contributed by atoms with Crippen LogP contribution in [0, 0.1) is 6.92 Å². The molecule has 12 heteroatoms. The molecular formula is C37H43N5O6Si. The molecule has 0 aliphatic carbocycles. The molecule has 0 fully saturated rings. The fourth-order valence-electron chi connectivity index (χ4n) is 5.19. The van der Waals surface area contributed by atoms with E-state index in [1.165, 1.54) is 27.6 Å². The van der Waals surface area contributed by atoms with Crippen LogP contribution < -0.4 is 10.9 Å². The van der Waals surface area contributed by atoms with Gasteiger partial charge in [-0.25, -0.2) is 9.36 Å². The van der Waals surface area contributed by atoms with Gasteiger partial charge in [-0.3, -0.25) is 23.6 Å². The highest BCUT2D eigenvalue weighted by Crippen LogP contribution is 2.30. The van der Waals surface area contributed by atoms with Crippen LogP contribution in [-0.2, 0) is 22.7 Å². The number of pyridine rings is 1. The van der Waals surface area contributed by atoms with Gasteiger partial charge >= 0.3 is 6.09 Å². The van der Waals surface area contributed by atoms with Gasteiger partial charge in [0.05, 0.1) is 40.8 Å². The van der Waals surface area contributed by atoms with Gasteiger partial charge in [-0.15, -0.1) is 0 Å². The predicted octanol–water partition coefficient (Wildman–Crippen LogP) is 7.18. The second kappa shape index (κ2) is 14.2. The molecular weight excluding hydrogens is 639 g/mol. The van der Waals surface area contributed by atoms with Crippen molar-refractivity contribution in [1.82, 2.24) is 18.9 Å². The van der Waals surface area contributed by atoms with E-state index in [9.17, 15) is 19.2 Å². The zero-order chi connectivity index (χ0) is 35.5. The Kier molecular flexibility index (Phi) is 10.2. The van der Waals surface area contributed by atoms with Gasteiger partial charge in [0.2, 0.25) is 0 Å². The van der Waals surface area contributed by atoms with E-state index < -0.39 is 31.2 Å². The number of ether oxygens (including phenoxy) is 2. The fourth-order valence-corrected chi connectivity index (χ4v) is 5.94. The van der Waals surface area contributed by atoms with E-state index in [-0.39, 0.29) is 18.0 Å². The molecule has 11 nitrogen and oxygen atoms in total. The Morgan fingerprint density at radius 3 is 2.41 bits per heavy atom. The standard InChI is InChI=1S/C37H43N5O6Si/c1-25-8-10-26(11-9-25)20-41-21-29(19-38-41)34(44)39-30-18-31(35(45)40(22-30)24-47-14-15-49(5,6)7)33-17-28-16-27(23-43)12-13-32(28)42(33)36(46)48-37(2,3)4/h8-13,16-19,21-23H,14-15,20,24H2,1-7H3,(H,39,44). The lowest BCUT2D eigenvalue weighted by Crippen LogP contribution is -2.29. The molecule has 1 amide bonds. The van der Waals surface area contributed by atoms with E-state index in [0.29, 0.717) is 47.2 Å². The molecule has 0 aliphatic rings. The lowest BCUT2D eigenvalue weighted by atomic mass is 10.1. The number of hydrogen-bond donors (Lipinski definition) is 1. The summed E-state index contributed by atoms with van der Waals surface area (Å²) in [6.45, 7) is 14.9. The SMILES string of the molecule is Cc1ccc(Cn2cc(C(=O)Nc3cc(-c4cc5cc(C=O)ccc5n4C(=O)OC(C)(C)C)c(=O)n(COCC[Si](C)(C)C)c3)cn2)cc1. The van der Waals surface area contributed by atoms with E-state index >= 15 is 0 Å². The maximum absolute atomic E-state index is 14.1. The average Bonchev–Trinajstić information content (AvgIpc) is 3.65. The Balaban J connectivity index is 1.54. The van der Waals surface area contributed by atoms with Crippen LogP contribution in [-0.4, -0.2) is 57.5 Å². The van der Waals surface area contributed by atoms with Crippen molar-refractivity contribution in [3.8, 4) is 11.3 Å². The highest BCUT2D eigenvalue weighted by molar-refractivity contribution is 6.76. The van der Waals surface area contributed by atoms with Crippen LogP contribution in [0.15, 0.2) is 78.0 Å². The number of nitrogens with one attached hydrogen (secondary N) is 1. The number of fused-ring (bicyclic) bond motifs is 1. The third-order valence-corrected chi connectivity index (χ3v) is 9.45. The minimum Gasteiger partial charge on any atom is -0.443 e. The second-order valence-corrected chi connectivity index (χ2v) is 20.0. The van der Waals surface area contributed by atoms with Crippen molar-refractivity contribution in [2.75, 3.05) is 11.9 Å². The summed E-state index contributed by atoms with van der Waals surface area (Å²) in [6.07, 6.45) is 4.71. The van der Waals surface area contributed by atoms with E-state index in [4.69, 9.17) is 9.47 Å². The van der Waals surface area contributed by atoms with E-state index in [0.717, 1.165) is 17.2 Å². The number of anilines is 1. The number of rotatable bonds is 11. The molecule has 0 atom stereocenters. The van der Waals surface area contributed by atoms with Crippen LogP contribution in [0.1, 0.15) is 52.6 Å². The van der Waals surface area contributed by atoms with Gasteiger partial charge in [0.25, 0.3) is 11.5 Å². The van der Waals surface area contributed by atoms with Gasteiger partial charge in [0.1, 0.15) is 18.6 Å². The summed E-state index contributed by atoms with van der Waals surface area (Å²) in [5.74, 6) is -0.422. The van der Waals surface area contributed by atoms with Crippen LogP contribution in [0.2, 0.25) is 25.7 Å². The zero-order valence-electron chi connectivity index (χ0n) is 29.1. The van der Waals surface area contributed by atoms with Gasteiger partial charge in [-0.05, 0) is 69.6 Å². The molecule has 49 heavy (non-hydrogen) atoms. The summed E-state index contributed by atoms with van der Waals surface area (Å²) in [5.41, 5.74) is 2.86. The van der Waals surface area contributed by atoms with Crippen LogP contribution >= 0.6 is 0 Å². The quantitative estimate of drug-likeness (QED) is 0.0889. The molecule has 0 unspecified atom stereocenters. The average molecular weight is 682 g/mol. The maximum atomic E-state index is 14.1. The topological polar surface area (TPSA) is 126 Å². The van der Waals surface area contributed by atoms with E-state index in [2.05, 4.69) is 30.1 Å². The largest absolute Gasteiger partial charge is 0.443 e. The molecule has 0 radical (unpaired) electrons. The molecule has 0 spiro atoms. The maximum Gasteiger partial charge on any atom is 0.419 e. The van der Waals surface area contributed by atoms with Crippen LogP contribution in [0.5, 0.6) is 0 Å². The summed E-state index contributed by atoms with van der Waals surface area (Å²) in [6, 6.07) is 17.1. The highest BCUT2D eigenvalue weighted by Gasteiger charge is 2.25. The highest BCUT2D eigenvalue weighted by atomic mass is 28.3. The summed E-state index contributed by atoms with van der Waals surface area (Å²) < 4.78 is 16.1. The van der Waals surface area contributed by atoms with Crippen molar-refractivity contribution in [3.63, 3.8) is 0 Å². The van der Waals surface area contributed by atoms with Crippen molar-refractivity contribution in [3.05, 3.63) is 106 Å². The van der Waals surface area contributed by atoms with Crippen LogP contribution in [0.3, 0.4) is 0 Å². The number of nitrogens with zero attached hydrogens (tertiary/aromatic N) is 4. The molecule has 3 heterocycles. The number of carbonyl (C=O) groups is 3. The molecule has 0 saturated heterocycles. The Bertz CT molecular complexity index is 2060. The summed E-state index contributed by atoms with van der Waals surface area (Å²) in [7, 11) is -1.39. The van der Waals surface area contributed by atoms with Gasteiger partial charge in [-0.1, -0.05) is 49.5 Å². The lowest BCUT2D eigenvalue weighted by molar-refractivity contribution is 0.0547.